The molecule has 0 aliphatic rings. The summed E-state index contributed by atoms with van der Waals surface area (Å²) >= 11 is 2.28. The molecule has 2 rings (SSSR count). The average Bonchev–Trinajstić information content (AvgIpc) is 2.93. The third-order valence-electron chi connectivity index (χ3n) is 2.77. The first kappa shape index (κ1) is 15.2. The Hall–Kier alpha value is -1.22. The second kappa shape index (κ2) is 5.65. The Balaban J connectivity index is 2.20. The maximum Gasteiger partial charge on any atom is 0.346 e. The summed E-state index contributed by atoms with van der Waals surface area (Å²) in [5, 5.41) is 12.8. The Labute approximate surface area is 124 Å². The molecule has 0 saturated heterocycles. The number of aryl methyl sites for hydroxylation is 2. The largest absolute Gasteiger partial charge is 0.477 e. The molecule has 0 amide bonds. The van der Waals surface area contributed by atoms with Gasteiger partial charge in [-0.15, -0.1) is 11.3 Å². The number of carboxylic acids is 1. The summed E-state index contributed by atoms with van der Waals surface area (Å²) in [7, 11) is -3.68. The highest BCUT2D eigenvalue weighted by atomic mass is 32.2. The number of hydrogen-bond acceptors (Lipinski definition) is 5. The number of thiophene rings is 2. The van der Waals surface area contributed by atoms with Crippen LogP contribution in [0.25, 0.3) is 0 Å². The van der Waals surface area contributed by atoms with E-state index in [1.54, 1.807) is 6.92 Å². The van der Waals surface area contributed by atoms with E-state index in [4.69, 9.17) is 5.11 Å². The predicted molar refractivity (Wildman–Crippen MR) is 79.1 cm³/mol. The molecule has 0 fully saturated rings. The minimum absolute atomic E-state index is 0.0280. The Morgan fingerprint density at radius 3 is 2.50 bits per heavy atom. The number of carbonyl (C=O) groups is 1. The van der Waals surface area contributed by atoms with Gasteiger partial charge in [0, 0.05) is 6.54 Å². The number of aromatic carboxylic acids is 1. The molecule has 0 spiro atoms. The van der Waals surface area contributed by atoms with Gasteiger partial charge in [-0.3, -0.25) is 0 Å². The lowest BCUT2D eigenvalue weighted by molar-refractivity contribution is 0.0701. The second-order valence-corrected chi connectivity index (χ2v) is 8.08. The fourth-order valence-corrected chi connectivity index (χ4v) is 4.90. The number of nitrogens with one attached hydrogen (secondary N) is 1. The third kappa shape index (κ3) is 3.09. The van der Waals surface area contributed by atoms with E-state index in [0.29, 0.717) is 5.56 Å². The third-order valence-corrected chi connectivity index (χ3v) is 6.78. The maximum absolute atomic E-state index is 12.1. The van der Waals surface area contributed by atoms with E-state index >= 15 is 0 Å². The summed E-state index contributed by atoms with van der Waals surface area (Å²) in [6.07, 6.45) is 0. The summed E-state index contributed by atoms with van der Waals surface area (Å²) in [4.78, 5) is 11.0. The minimum Gasteiger partial charge on any atom is -0.477 e. The van der Waals surface area contributed by atoms with Crippen molar-refractivity contribution in [1.29, 1.82) is 0 Å². The molecule has 0 aromatic carbocycles. The van der Waals surface area contributed by atoms with Gasteiger partial charge in [0.15, 0.2) is 0 Å². The molecule has 2 aromatic heterocycles. The first-order chi connectivity index (χ1) is 9.31. The van der Waals surface area contributed by atoms with Crippen LogP contribution in [0, 0.1) is 13.8 Å². The Morgan fingerprint density at radius 2 is 2.00 bits per heavy atom. The van der Waals surface area contributed by atoms with Crippen molar-refractivity contribution in [2.24, 2.45) is 0 Å². The van der Waals surface area contributed by atoms with Gasteiger partial charge in [-0.2, -0.15) is 11.3 Å². The molecule has 0 unspecified atom stereocenters. The molecule has 0 aliphatic heterocycles. The van der Waals surface area contributed by atoms with E-state index in [0.717, 1.165) is 22.5 Å². The SMILES string of the molecule is Cc1cscc1CNS(=O)(=O)c1cc(C)c(C(=O)O)s1. The standard InChI is InChI=1S/C12H13NO4S3/c1-7-3-10(19-11(7)12(14)15)20(16,17)13-4-9-6-18-5-8(9)2/h3,5-6,13H,4H2,1-2H3,(H,14,15). The summed E-state index contributed by atoms with van der Waals surface area (Å²) in [5.74, 6) is -1.11. The van der Waals surface area contributed by atoms with Gasteiger partial charge in [-0.1, -0.05) is 0 Å². The van der Waals surface area contributed by atoms with Crippen molar-refractivity contribution in [2.45, 2.75) is 24.6 Å². The van der Waals surface area contributed by atoms with Crippen LogP contribution in [-0.4, -0.2) is 19.5 Å². The molecule has 5 nitrogen and oxygen atoms in total. The van der Waals surface area contributed by atoms with Gasteiger partial charge in [0.2, 0.25) is 10.0 Å². The van der Waals surface area contributed by atoms with Crippen LogP contribution < -0.4 is 4.72 Å². The van der Waals surface area contributed by atoms with Gasteiger partial charge in [0.05, 0.1) is 0 Å². The molecule has 2 aromatic rings. The molecule has 0 aliphatic carbocycles. The first-order valence-corrected chi connectivity index (χ1v) is 8.90. The van der Waals surface area contributed by atoms with Crippen LogP contribution in [0.3, 0.4) is 0 Å². The normalized spacial score (nSPS) is 11.7. The fraction of sp³-hybridized carbons (Fsp3) is 0.250. The van der Waals surface area contributed by atoms with E-state index in [1.165, 1.54) is 17.4 Å². The molecule has 2 N–H and O–H groups in total. The lowest BCUT2D eigenvalue weighted by Gasteiger charge is -2.04. The van der Waals surface area contributed by atoms with Gasteiger partial charge in [-0.05, 0) is 47.4 Å². The smallest absolute Gasteiger partial charge is 0.346 e. The minimum atomic E-state index is -3.68. The van der Waals surface area contributed by atoms with Crippen LogP contribution in [0.4, 0.5) is 0 Å². The highest BCUT2D eigenvalue weighted by molar-refractivity contribution is 7.91. The lowest BCUT2D eigenvalue weighted by Crippen LogP contribution is -2.22. The van der Waals surface area contributed by atoms with E-state index in [-0.39, 0.29) is 15.6 Å². The zero-order chi connectivity index (χ0) is 14.9. The number of rotatable bonds is 5. The average molecular weight is 331 g/mol. The maximum atomic E-state index is 12.1. The van der Waals surface area contributed by atoms with E-state index in [1.807, 2.05) is 17.7 Å². The van der Waals surface area contributed by atoms with Gasteiger partial charge < -0.3 is 5.11 Å². The quantitative estimate of drug-likeness (QED) is 0.882. The molecule has 20 heavy (non-hydrogen) atoms. The molecular formula is C12H13NO4S3. The summed E-state index contributed by atoms with van der Waals surface area (Å²) < 4.78 is 26.8. The molecular weight excluding hydrogens is 318 g/mol. The van der Waals surface area contributed by atoms with Crippen molar-refractivity contribution < 1.29 is 18.3 Å². The van der Waals surface area contributed by atoms with Crippen molar-refractivity contribution in [2.75, 3.05) is 0 Å². The molecule has 0 atom stereocenters. The highest BCUT2D eigenvalue weighted by Crippen LogP contribution is 2.26. The van der Waals surface area contributed by atoms with Crippen molar-refractivity contribution in [1.82, 2.24) is 4.72 Å². The Bertz CT molecular complexity index is 743. The van der Waals surface area contributed by atoms with Crippen LogP contribution in [0.2, 0.25) is 0 Å². The molecule has 0 saturated carbocycles. The van der Waals surface area contributed by atoms with Crippen LogP contribution in [-0.2, 0) is 16.6 Å². The fourth-order valence-electron chi connectivity index (χ4n) is 1.61. The lowest BCUT2D eigenvalue weighted by atomic mass is 10.2. The second-order valence-electron chi connectivity index (χ2n) is 4.29. The molecule has 108 valence electrons. The molecule has 0 bridgehead atoms. The van der Waals surface area contributed by atoms with Crippen LogP contribution in [0.1, 0.15) is 26.4 Å². The van der Waals surface area contributed by atoms with Crippen molar-refractivity contribution in [3.63, 3.8) is 0 Å². The predicted octanol–water partition coefficient (Wildman–Crippen LogP) is 2.60. The van der Waals surface area contributed by atoms with Crippen LogP contribution in [0.5, 0.6) is 0 Å². The van der Waals surface area contributed by atoms with Crippen molar-refractivity contribution >= 4 is 38.7 Å². The van der Waals surface area contributed by atoms with Crippen LogP contribution in [0.15, 0.2) is 21.0 Å². The molecule has 8 heteroatoms. The topological polar surface area (TPSA) is 83.5 Å². The van der Waals surface area contributed by atoms with Crippen molar-refractivity contribution in [3.8, 4) is 0 Å². The molecule has 0 radical (unpaired) electrons. The zero-order valence-corrected chi connectivity index (χ0v) is 13.3. The van der Waals surface area contributed by atoms with Crippen LogP contribution >= 0.6 is 22.7 Å². The van der Waals surface area contributed by atoms with Gasteiger partial charge in [0.25, 0.3) is 0 Å². The van der Waals surface area contributed by atoms with E-state index in [2.05, 4.69) is 4.72 Å². The zero-order valence-electron chi connectivity index (χ0n) is 10.8. The van der Waals surface area contributed by atoms with Crippen molar-refractivity contribution in [3.05, 3.63) is 38.4 Å². The highest BCUT2D eigenvalue weighted by Gasteiger charge is 2.21. The number of hydrogen-bond donors (Lipinski definition) is 2. The van der Waals surface area contributed by atoms with E-state index < -0.39 is 16.0 Å². The van der Waals surface area contributed by atoms with E-state index in [9.17, 15) is 13.2 Å². The van der Waals surface area contributed by atoms with Gasteiger partial charge >= 0.3 is 5.97 Å². The Kier molecular flexibility index (Phi) is 4.28. The first-order valence-electron chi connectivity index (χ1n) is 5.66. The monoisotopic (exact) mass is 331 g/mol. The number of sulfonamides is 1. The number of carboxylic acid groups (broad SMARTS) is 1. The summed E-state index contributed by atoms with van der Waals surface area (Å²) in [5.41, 5.74) is 2.41. The van der Waals surface area contributed by atoms with Gasteiger partial charge in [0.1, 0.15) is 9.09 Å². The summed E-state index contributed by atoms with van der Waals surface area (Å²) in [6, 6.07) is 1.39. The molecule has 2 heterocycles. The van der Waals surface area contributed by atoms with Gasteiger partial charge in [-0.25, -0.2) is 17.9 Å². The Morgan fingerprint density at radius 1 is 1.30 bits per heavy atom. The summed E-state index contributed by atoms with van der Waals surface area (Å²) in [6.45, 7) is 3.71.